The van der Waals surface area contributed by atoms with Crippen molar-refractivity contribution in [3.8, 4) is 0 Å². The minimum absolute atomic E-state index is 0.0368. The van der Waals surface area contributed by atoms with Gasteiger partial charge in [-0.25, -0.2) is 0 Å². The molecule has 2 amide bonds. The van der Waals surface area contributed by atoms with Crippen LogP contribution in [0.25, 0.3) is 0 Å². The Hall–Kier alpha value is -2.04. The van der Waals surface area contributed by atoms with Gasteiger partial charge in [0, 0.05) is 19.5 Å². The van der Waals surface area contributed by atoms with Crippen LogP contribution < -0.4 is 15.5 Å². The average molecular weight is 303 g/mol. The molecule has 0 radical (unpaired) electrons. The van der Waals surface area contributed by atoms with E-state index in [1.807, 2.05) is 31.3 Å². The van der Waals surface area contributed by atoms with Crippen molar-refractivity contribution in [2.75, 3.05) is 17.3 Å². The average Bonchev–Trinajstić information content (AvgIpc) is 2.71. The van der Waals surface area contributed by atoms with Crippen LogP contribution in [0.5, 0.6) is 0 Å². The third-order valence-electron chi connectivity index (χ3n) is 4.11. The van der Waals surface area contributed by atoms with Gasteiger partial charge in [0.2, 0.25) is 11.8 Å². The van der Waals surface area contributed by atoms with Gasteiger partial charge in [0.05, 0.1) is 11.4 Å². The molecule has 0 spiro atoms. The molecule has 0 bridgehead atoms. The molecule has 22 heavy (non-hydrogen) atoms. The van der Waals surface area contributed by atoms with E-state index in [0.29, 0.717) is 18.9 Å². The van der Waals surface area contributed by atoms with Gasteiger partial charge < -0.3 is 15.5 Å². The van der Waals surface area contributed by atoms with Crippen molar-refractivity contribution in [3.63, 3.8) is 0 Å². The van der Waals surface area contributed by atoms with Gasteiger partial charge >= 0.3 is 0 Å². The van der Waals surface area contributed by atoms with Gasteiger partial charge in [0.25, 0.3) is 0 Å². The van der Waals surface area contributed by atoms with E-state index in [1.165, 1.54) is 0 Å². The fourth-order valence-electron chi connectivity index (χ4n) is 2.55. The highest BCUT2D eigenvalue weighted by Gasteiger charge is 2.24. The number of amides is 2. The Morgan fingerprint density at radius 2 is 2.05 bits per heavy atom. The zero-order chi connectivity index (χ0) is 16.1. The fourth-order valence-corrected chi connectivity index (χ4v) is 2.55. The minimum Gasteiger partial charge on any atom is -0.370 e. The number of rotatable bonds is 4. The van der Waals surface area contributed by atoms with Crippen LogP contribution in [0.2, 0.25) is 0 Å². The second-order valence-electron chi connectivity index (χ2n) is 6.08. The Labute approximate surface area is 132 Å². The number of nitrogens with zero attached hydrogens (tertiary/aromatic N) is 1. The van der Waals surface area contributed by atoms with Crippen molar-refractivity contribution in [2.45, 2.75) is 51.6 Å². The van der Waals surface area contributed by atoms with Crippen molar-refractivity contribution in [2.24, 2.45) is 0 Å². The van der Waals surface area contributed by atoms with Gasteiger partial charge in [-0.05, 0) is 38.8 Å². The van der Waals surface area contributed by atoms with Gasteiger partial charge in [0.1, 0.15) is 6.04 Å². The standard InChI is InChI=1S/C17H25N3O2/c1-12(2)20(3)15-10-6-4-8-13(15)19-17(22)14-9-5-7-11-16(21)18-14/h4,6,8,10,12,14H,5,7,9,11H2,1-3H3,(H,18,21)(H,19,22). The van der Waals surface area contributed by atoms with Gasteiger partial charge in [0.15, 0.2) is 0 Å². The molecule has 0 aliphatic carbocycles. The van der Waals surface area contributed by atoms with Crippen molar-refractivity contribution >= 4 is 23.2 Å². The number of anilines is 2. The molecule has 2 N–H and O–H groups in total. The Morgan fingerprint density at radius 1 is 1.32 bits per heavy atom. The van der Waals surface area contributed by atoms with Crippen LogP contribution in [-0.4, -0.2) is 30.9 Å². The number of para-hydroxylation sites is 2. The van der Waals surface area contributed by atoms with Gasteiger partial charge in [-0.2, -0.15) is 0 Å². The molecular formula is C17H25N3O2. The fraction of sp³-hybridized carbons (Fsp3) is 0.529. The summed E-state index contributed by atoms with van der Waals surface area (Å²) in [6.45, 7) is 4.20. The van der Waals surface area contributed by atoms with E-state index in [9.17, 15) is 9.59 Å². The summed E-state index contributed by atoms with van der Waals surface area (Å²) in [5.74, 6) is -0.176. The molecule has 1 aliphatic heterocycles. The topological polar surface area (TPSA) is 61.4 Å². The first-order valence-electron chi connectivity index (χ1n) is 7.91. The molecule has 1 aromatic carbocycles. The third kappa shape index (κ3) is 4.00. The Kier molecular flexibility index (Phi) is 5.41. The molecule has 120 valence electrons. The predicted octanol–water partition coefficient (Wildman–Crippen LogP) is 2.53. The highest BCUT2D eigenvalue weighted by molar-refractivity contribution is 5.99. The van der Waals surface area contributed by atoms with Crippen molar-refractivity contribution in [3.05, 3.63) is 24.3 Å². The maximum absolute atomic E-state index is 12.5. The Bertz CT molecular complexity index is 542. The maximum atomic E-state index is 12.5. The zero-order valence-corrected chi connectivity index (χ0v) is 13.6. The van der Waals surface area contributed by atoms with Crippen LogP contribution in [0.1, 0.15) is 39.5 Å². The molecule has 0 aromatic heterocycles. The number of hydrogen-bond donors (Lipinski definition) is 2. The van der Waals surface area contributed by atoms with E-state index in [4.69, 9.17) is 0 Å². The van der Waals surface area contributed by atoms with Crippen molar-refractivity contribution in [1.82, 2.24) is 5.32 Å². The monoisotopic (exact) mass is 303 g/mol. The first-order valence-corrected chi connectivity index (χ1v) is 7.91. The summed E-state index contributed by atoms with van der Waals surface area (Å²) in [7, 11) is 2.00. The van der Waals surface area contributed by atoms with Crippen molar-refractivity contribution in [1.29, 1.82) is 0 Å². The molecule has 1 fully saturated rings. The SMILES string of the molecule is CC(C)N(C)c1ccccc1NC(=O)C1CCCCC(=O)N1. The van der Waals surface area contributed by atoms with E-state index in [2.05, 4.69) is 29.4 Å². The van der Waals surface area contributed by atoms with Crippen LogP contribution >= 0.6 is 0 Å². The maximum Gasteiger partial charge on any atom is 0.247 e. The lowest BCUT2D eigenvalue weighted by molar-refractivity contribution is -0.125. The molecule has 5 nitrogen and oxygen atoms in total. The normalized spacial score (nSPS) is 18.5. The highest BCUT2D eigenvalue weighted by atomic mass is 16.2. The number of carbonyl (C=O) groups excluding carboxylic acids is 2. The zero-order valence-electron chi connectivity index (χ0n) is 13.6. The molecule has 1 aliphatic rings. The van der Waals surface area contributed by atoms with E-state index < -0.39 is 6.04 Å². The summed E-state index contributed by atoms with van der Waals surface area (Å²) in [6.07, 6.45) is 2.95. The Balaban J connectivity index is 2.13. The molecule has 2 rings (SSSR count). The molecule has 0 saturated carbocycles. The van der Waals surface area contributed by atoms with E-state index in [1.54, 1.807) is 0 Å². The highest BCUT2D eigenvalue weighted by Crippen LogP contribution is 2.26. The van der Waals surface area contributed by atoms with Crippen LogP contribution in [-0.2, 0) is 9.59 Å². The lowest BCUT2D eigenvalue weighted by atomic mass is 10.1. The quantitative estimate of drug-likeness (QED) is 0.898. The molecule has 1 saturated heterocycles. The van der Waals surface area contributed by atoms with Crippen LogP contribution in [0.4, 0.5) is 11.4 Å². The number of benzene rings is 1. The summed E-state index contributed by atoms with van der Waals surface area (Å²) in [6, 6.07) is 7.63. The summed E-state index contributed by atoms with van der Waals surface area (Å²) in [5, 5.41) is 5.77. The minimum atomic E-state index is -0.438. The van der Waals surface area contributed by atoms with E-state index in [0.717, 1.165) is 24.2 Å². The predicted molar refractivity (Wildman–Crippen MR) is 89.0 cm³/mol. The molecule has 1 atom stereocenters. The molecule has 5 heteroatoms. The molecule has 1 unspecified atom stereocenters. The smallest absolute Gasteiger partial charge is 0.247 e. The lowest BCUT2D eigenvalue weighted by Crippen LogP contribution is -2.42. The second kappa shape index (κ2) is 7.29. The van der Waals surface area contributed by atoms with Crippen LogP contribution in [0, 0.1) is 0 Å². The molecule has 1 aromatic rings. The number of carbonyl (C=O) groups is 2. The summed E-state index contributed by atoms with van der Waals surface area (Å²) in [4.78, 5) is 26.2. The lowest BCUT2D eigenvalue weighted by Gasteiger charge is -2.27. The first kappa shape index (κ1) is 16.3. The summed E-state index contributed by atoms with van der Waals surface area (Å²) in [5.41, 5.74) is 1.76. The van der Waals surface area contributed by atoms with Gasteiger partial charge in [-0.1, -0.05) is 18.6 Å². The second-order valence-corrected chi connectivity index (χ2v) is 6.08. The number of nitrogens with one attached hydrogen (secondary N) is 2. The summed E-state index contributed by atoms with van der Waals surface area (Å²) >= 11 is 0. The molecule has 1 heterocycles. The van der Waals surface area contributed by atoms with Gasteiger partial charge in [-0.15, -0.1) is 0 Å². The first-order chi connectivity index (χ1) is 10.5. The van der Waals surface area contributed by atoms with E-state index in [-0.39, 0.29) is 11.8 Å². The molecular weight excluding hydrogens is 278 g/mol. The summed E-state index contributed by atoms with van der Waals surface area (Å²) < 4.78 is 0. The van der Waals surface area contributed by atoms with Crippen LogP contribution in [0.3, 0.4) is 0 Å². The number of hydrogen-bond acceptors (Lipinski definition) is 3. The van der Waals surface area contributed by atoms with Crippen LogP contribution in [0.15, 0.2) is 24.3 Å². The third-order valence-corrected chi connectivity index (χ3v) is 4.11. The van der Waals surface area contributed by atoms with E-state index >= 15 is 0 Å². The Morgan fingerprint density at radius 3 is 2.77 bits per heavy atom. The largest absolute Gasteiger partial charge is 0.370 e. The van der Waals surface area contributed by atoms with Crippen molar-refractivity contribution < 1.29 is 9.59 Å². The van der Waals surface area contributed by atoms with Gasteiger partial charge in [-0.3, -0.25) is 9.59 Å².